The Morgan fingerprint density at radius 1 is 1.48 bits per heavy atom. The van der Waals surface area contributed by atoms with Gasteiger partial charge in [0, 0.05) is 22.8 Å². The second-order valence-electron chi connectivity index (χ2n) is 4.81. The maximum atomic E-state index is 12.4. The summed E-state index contributed by atoms with van der Waals surface area (Å²) in [6, 6.07) is -0.569. The number of aryl methyl sites for hydroxylation is 2. The van der Waals surface area contributed by atoms with Crippen molar-refractivity contribution in [3.8, 4) is 0 Å². The molecule has 112 valence electrons. The van der Waals surface area contributed by atoms with Gasteiger partial charge in [-0.2, -0.15) is 0 Å². The normalized spacial score (nSPS) is 12.3. The molecule has 2 rings (SSSR count). The van der Waals surface area contributed by atoms with Crippen LogP contribution in [0.5, 0.6) is 0 Å². The van der Waals surface area contributed by atoms with Gasteiger partial charge in [-0.05, 0) is 20.8 Å². The predicted octanol–water partition coefficient (Wildman–Crippen LogP) is 0.966. The highest BCUT2D eigenvalue weighted by molar-refractivity contribution is 7.17. The summed E-state index contributed by atoms with van der Waals surface area (Å²) in [4.78, 5) is 40.6. The maximum absolute atomic E-state index is 12.4. The lowest BCUT2D eigenvalue weighted by molar-refractivity contribution is -0.137. The molecule has 2 aromatic heterocycles. The number of nitrogens with zero attached hydrogens (tertiary/aromatic N) is 2. The first-order chi connectivity index (χ1) is 9.81. The standard InChI is InChI=1S/C13H15N3O4S/c1-6(4-10(17)18)15-11(19)9-5-14-13-16(12(9)20)7(2)8(3)21-13/h5-6H,4H2,1-3H3,(H,15,19)(H,17,18). The molecule has 2 aromatic rings. The SMILES string of the molecule is Cc1sc2ncc(C(=O)NC(C)CC(=O)O)c(=O)n2c1C. The van der Waals surface area contributed by atoms with Crippen LogP contribution in [-0.2, 0) is 4.79 Å². The molecule has 0 aliphatic carbocycles. The lowest BCUT2D eigenvalue weighted by atomic mass is 10.2. The fourth-order valence-electron chi connectivity index (χ4n) is 1.95. The Labute approximate surface area is 124 Å². The van der Waals surface area contributed by atoms with Crippen LogP contribution in [0.25, 0.3) is 4.96 Å². The van der Waals surface area contributed by atoms with Gasteiger partial charge in [0.15, 0.2) is 4.96 Å². The van der Waals surface area contributed by atoms with E-state index in [9.17, 15) is 14.4 Å². The zero-order valence-electron chi connectivity index (χ0n) is 11.8. The molecular weight excluding hydrogens is 294 g/mol. The zero-order valence-corrected chi connectivity index (χ0v) is 12.7. The summed E-state index contributed by atoms with van der Waals surface area (Å²) in [7, 11) is 0. The first kappa shape index (κ1) is 15.2. The van der Waals surface area contributed by atoms with Crippen molar-refractivity contribution in [1.82, 2.24) is 14.7 Å². The number of fused-ring (bicyclic) bond motifs is 1. The van der Waals surface area contributed by atoms with Crippen LogP contribution < -0.4 is 10.9 Å². The molecule has 1 unspecified atom stereocenters. The van der Waals surface area contributed by atoms with Gasteiger partial charge in [0.2, 0.25) is 0 Å². The van der Waals surface area contributed by atoms with E-state index < -0.39 is 23.5 Å². The van der Waals surface area contributed by atoms with E-state index in [-0.39, 0.29) is 12.0 Å². The van der Waals surface area contributed by atoms with E-state index in [2.05, 4.69) is 10.3 Å². The molecular formula is C13H15N3O4S. The van der Waals surface area contributed by atoms with Crippen molar-refractivity contribution in [3.63, 3.8) is 0 Å². The van der Waals surface area contributed by atoms with Crippen LogP contribution in [0.2, 0.25) is 0 Å². The number of aromatic nitrogens is 2. The Bertz CT molecular complexity index is 778. The minimum absolute atomic E-state index is 0.0920. The lowest BCUT2D eigenvalue weighted by Crippen LogP contribution is -2.38. The van der Waals surface area contributed by atoms with Crippen molar-refractivity contribution < 1.29 is 14.7 Å². The van der Waals surface area contributed by atoms with Crippen LogP contribution in [0.1, 0.15) is 34.3 Å². The minimum atomic E-state index is -1.02. The number of carbonyl (C=O) groups excluding carboxylic acids is 1. The van der Waals surface area contributed by atoms with E-state index in [0.29, 0.717) is 4.96 Å². The number of amides is 1. The Balaban J connectivity index is 2.36. The zero-order chi connectivity index (χ0) is 15.7. The molecule has 0 fully saturated rings. The topological polar surface area (TPSA) is 101 Å². The molecule has 1 amide bonds. The average molecular weight is 309 g/mol. The Morgan fingerprint density at radius 3 is 2.76 bits per heavy atom. The summed E-state index contributed by atoms with van der Waals surface area (Å²) in [5.74, 6) is -1.63. The van der Waals surface area contributed by atoms with Gasteiger partial charge in [-0.1, -0.05) is 0 Å². The molecule has 0 spiro atoms. The molecule has 0 aromatic carbocycles. The molecule has 0 radical (unpaired) electrons. The number of hydrogen-bond donors (Lipinski definition) is 2. The summed E-state index contributed by atoms with van der Waals surface area (Å²) in [5.41, 5.74) is 0.216. The van der Waals surface area contributed by atoms with Crippen LogP contribution in [0.15, 0.2) is 11.0 Å². The molecule has 7 nitrogen and oxygen atoms in total. The second kappa shape index (κ2) is 5.65. The highest BCUT2D eigenvalue weighted by atomic mass is 32.1. The van der Waals surface area contributed by atoms with Crippen LogP contribution in [-0.4, -0.2) is 32.4 Å². The fraction of sp³-hybridized carbons (Fsp3) is 0.385. The average Bonchev–Trinajstić information content (AvgIpc) is 2.64. The van der Waals surface area contributed by atoms with Crippen molar-refractivity contribution in [2.24, 2.45) is 0 Å². The molecule has 2 heterocycles. The third-order valence-corrected chi connectivity index (χ3v) is 4.19. The summed E-state index contributed by atoms with van der Waals surface area (Å²) < 4.78 is 1.40. The Kier molecular flexibility index (Phi) is 4.08. The van der Waals surface area contributed by atoms with E-state index in [4.69, 9.17) is 5.11 Å². The number of carboxylic acid groups (broad SMARTS) is 1. The minimum Gasteiger partial charge on any atom is -0.481 e. The summed E-state index contributed by atoms with van der Waals surface area (Å²) >= 11 is 1.38. The number of carboxylic acids is 1. The van der Waals surface area contributed by atoms with Gasteiger partial charge in [0.1, 0.15) is 5.56 Å². The van der Waals surface area contributed by atoms with Gasteiger partial charge < -0.3 is 10.4 Å². The highest BCUT2D eigenvalue weighted by Gasteiger charge is 2.18. The monoisotopic (exact) mass is 309 g/mol. The van der Waals surface area contributed by atoms with Crippen molar-refractivity contribution in [2.45, 2.75) is 33.2 Å². The largest absolute Gasteiger partial charge is 0.481 e. The molecule has 1 atom stereocenters. The van der Waals surface area contributed by atoms with Gasteiger partial charge in [0.05, 0.1) is 6.42 Å². The van der Waals surface area contributed by atoms with Crippen LogP contribution in [0.3, 0.4) is 0 Å². The van der Waals surface area contributed by atoms with Crippen LogP contribution >= 0.6 is 11.3 Å². The molecule has 21 heavy (non-hydrogen) atoms. The highest BCUT2D eigenvalue weighted by Crippen LogP contribution is 2.18. The van der Waals surface area contributed by atoms with Crippen molar-refractivity contribution in [1.29, 1.82) is 0 Å². The smallest absolute Gasteiger partial charge is 0.305 e. The van der Waals surface area contributed by atoms with Gasteiger partial charge in [-0.15, -0.1) is 11.3 Å². The molecule has 0 bridgehead atoms. The number of carbonyl (C=O) groups is 2. The van der Waals surface area contributed by atoms with Gasteiger partial charge in [0.25, 0.3) is 11.5 Å². The quantitative estimate of drug-likeness (QED) is 0.876. The Hall–Kier alpha value is -2.22. The summed E-state index contributed by atoms with van der Waals surface area (Å²) in [6.45, 7) is 5.23. The molecule has 0 aliphatic heterocycles. The fourth-order valence-corrected chi connectivity index (χ4v) is 2.88. The third-order valence-electron chi connectivity index (χ3n) is 3.12. The van der Waals surface area contributed by atoms with Crippen molar-refractivity contribution in [2.75, 3.05) is 0 Å². The molecule has 0 saturated heterocycles. The first-order valence-electron chi connectivity index (χ1n) is 6.31. The number of thiazole rings is 1. The maximum Gasteiger partial charge on any atom is 0.305 e. The van der Waals surface area contributed by atoms with Crippen LogP contribution in [0, 0.1) is 13.8 Å². The van der Waals surface area contributed by atoms with Crippen LogP contribution in [0.4, 0.5) is 0 Å². The Morgan fingerprint density at radius 2 is 2.14 bits per heavy atom. The van der Waals surface area contributed by atoms with E-state index >= 15 is 0 Å². The third kappa shape index (κ3) is 2.94. The summed E-state index contributed by atoms with van der Waals surface area (Å²) in [5, 5.41) is 11.2. The molecule has 2 N–H and O–H groups in total. The summed E-state index contributed by atoms with van der Waals surface area (Å²) in [6.07, 6.45) is 1.02. The van der Waals surface area contributed by atoms with Gasteiger partial charge >= 0.3 is 5.97 Å². The van der Waals surface area contributed by atoms with Gasteiger partial charge in [-0.25, -0.2) is 4.98 Å². The van der Waals surface area contributed by atoms with Gasteiger partial charge in [-0.3, -0.25) is 18.8 Å². The number of rotatable bonds is 4. The van der Waals surface area contributed by atoms with Crippen molar-refractivity contribution >= 4 is 28.2 Å². The molecule has 8 heteroatoms. The van der Waals surface area contributed by atoms with Crippen molar-refractivity contribution in [3.05, 3.63) is 32.7 Å². The molecule has 0 aliphatic rings. The van der Waals surface area contributed by atoms with E-state index in [1.807, 2.05) is 6.92 Å². The number of aliphatic carboxylic acids is 1. The lowest BCUT2D eigenvalue weighted by Gasteiger charge is -2.11. The molecule has 0 saturated carbocycles. The predicted molar refractivity (Wildman–Crippen MR) is 78.0 cm³/mol. The number of nitrogens with one attached hydrogen (secondary N) is 1. The van der Waals surface area contributed by atoms with E-state index in [1.54, 1.807) is 13.8 Å². The first-order valence-corrected chi connectivity index (χ1v) is 7.13. The van der Waals surface area contributed by atoms with E-state index in [0.717, 1.165) is 10.6 Å². The van der Waals surface area contributed by atoms with E-state index in [1.165, 1.54) is 21.9 Å². The number of hydrogen-bond acceptors (Lipinski definition) is 5. The second-order valence-corrected chi connectivity index (χ2v) is 5.99.